The van der Waals surface area contributed by atoms with Crippen LogP contribution in [0.3, 0.4) is 0 Å². The second kappa shape index (κ2) is 7.42. The standard InChI is InChI=1S/C19H22N4O5/c24-14-9-21-8-11(14)7-20-6-10-2-1-3-12-16(10)19(28)23(18(12)27)13-4-5-15(25)22-17(13)26/h1-3,11,13-14,20-21,24H,4-9H2,(H,22,25,26). The third kappa shape index (κ3) is 3.21. The van der Waals surface area contributed by atoms with E-state index in [0.29, 0.717) is 30.8 Å². The van der Waals surface area contributed by atoms with Crippen LogP contribution >= 0.6 is 0 Å². The summed E-state index contributed by atoms with van der Waals surface area (Å²) in [6.45, 7) is 2.24. The van der Waals surface area contributed by atoms with Gasteiger partial charge in [-0.25, -0.2) is 0 Å². The molecule has 9 nitrogen and oxygen atoms in total. The molecule has 3 aliphatic rings. The van der Waals surface area contributed by atoms with Gasteiger partial charge in [0, 0.05) is 38.5 Å². The van der Waals surface area contributed by atoms with Crippen molar-refractivity contribution >= 4 is 23.6 Å². The Hall–Kier alpha value is -2.62. The lowest BCUT2D eigenvalue weighted by molar-refractivity contribution is -0.136. The predicted molar refractivity (Wildman–Crippen MR) is 97.2 cm³/mol. The number of amides is 4. The Kier molecular flexibility index (Phi) is 4.96. The van der Waals surface area contributed by atoms with E-state index in [9.17, 15) is 24.3 Å². The van der Waals surface area contributed by atoms with E-state index in [2.05, 4.69) is 16.0 Å². The number of hydrogen-bond acceptors (Lipinski definition) is 7. The SMILES string of the molecule is O=C1CCC(N2C(=O)c3cccc(CNCC4CNCC4O)c3C2=O)C(=O)N1. The second-order valence-electron chi connectivity index (χ2n) is 7.40. The summed E-state index contributed by atoms with van der Waals surface area (Å²) in [5.41, 5.74) is 1.25. The summed E-state index contributed by atoms with van der Waals surface area (Å²) in [6, 6.07) is 4.09. The molecule has 2 saturated heterocycles. The van der Waals surface area contributed by atoms with Gasteiger partial charge in [-0.05, 0) is 18.1 Å². The minimum absolute atomic E-state index is 0.0917. The van der Waals surface area contributed by atoms with E-state index in [-0.39, 0.29) is 24.3 Å². The number of aliphatic hydroxyl groups excluding tert-OH is 1. The average molecular weight is 386 g/mol. The first-order valence-corrected chi connectivity index (χ1v) is 9.40. The summed E-state index contributed by atoms with van der Waals surface area (Å²) in [6.07, 6.45) is -0.174. The molecular weight excluding hydrogens is 364 g/mol. The molecule has 3 unspecified atom stereocenters. The Balaban J connectivity index is 1.51. The fourth-order valence-corrected chi connectivity index (χ4v) is 4.05. The van der Waals surface area contributed by atoms with Gasteiger partial charge in [0.05, 0.1) is 17.2 Å². The van der Waals surface area contributed by atoms with Crippen molar-refractivity contribution < 1.29 is 24.3 Å². The largest absolute Gasteiger partial charge is 0.391 e. The molecule has 148 valence electrons. The first-order valence-electron chi connectivity index (χ1n) is 9.40. The van der Waals surface area contributed by atoms with Gasteiger partial charge < -0.3 is 15.7 Å². The molecule has 3 aliphatic heterocycles. The van der Waals surface area contributed by atoms with Gasteiger partial charge in [0.25, 0.3) is 11.8 Å². The number of imide groups is 2. The van der Waals surface area contributed by atoms with Crippen LogP contribution in [0, 0.1) is 5.92 Å². The highest BCUT2D eigenvalue weighted by Crippen LogP contribution is 2.29. The fraction of sp³-hybridized carbons (Fsp3) is 0.474. The van der Waals surface area contributed by atoms with Gasteiger partial charge >= 0.3 is 0 Å². The number of fused-ring (bicyclic) bond motifs is 1. The van der Waals surface area contributed by atoms with E-state index in [4.69, 9.17) is 0 Å². The van der Waals surface area contributed by atoms with Crippen molar-refractivity contribution in [1.29, 1.82) is 0 Å². The van der Waals surface area contributed by atoms with Crippen LogP contribution in [-0.4, -0.2) is 65.4 Å². The van der Waals surface area contributed by atoms with Crippen LogP contribution < -0.4 is 16.0 Å². The van der Waals surface area contributed by atoms with Crippen LogP contribution in [0.2, 0.25) is 0 Å². The van der Waals surface area contributed by atoms with E-state index in [1.807, 2.05) is 0 Å². The van der Waals surface area contributed by atoms with Crippen molar-refractivity contribution in [3.05, 3.63) is 34.9 Å². The van der Waals surface area contributed by atoms with E-state index < -0.39 is 35.8 Å². The first kappa shape index (κ1) is 18.7. The summed E-state index contributed by atoms with van der Waals surface area (Å²) >= 11 is 0. The fourth-order valence-electron chi connectivity index (χ4n) is 4.05. The number of carbonyl (C=O) groups excluding carboxylic acids is 4. The van der Waals surface area contributed by atoms with E-state index >= 15 is 0 Å². The zero-order valence-corrected chi connectivity index (χ0v) is 15.2. The smallest absolute Gasteiger partial charge is 0.262 e. The van der Waals surface area contributed by atoms with Crippen molar-refractivity contribution in [2.75, 3.05) is 19.6 Å². The van der Waals surface area contributed by atoms with Gasteiger partial charge in [0.15, 0.2) is 0 Å². The van der Waals surface area contributed by atoms with Gasteiger partial charge in [0.1, 0.15) is 6.04 Å². The van der Waals surface area contributed by atoms with Crippen molar-refractivity contribution in [2.24, 2.45) is 5.92 Å². The molecule has 9 heteroatoms. The molecule has 4 rings (SSSR count). The topological polar surface area (TPSA) is 128 Å². The molecule has 1 aromatic rings. The maximum absolute atomic E-state index is 13.0. The highest BCUT2D eigenvalue weighted by atomic mass is 16.3. The number of carbonyl (C=O) groups is 4. The molecule has 3 heterocycles. The molecule has 0 radical (unpaired) electrons. The summed E-state index contributed by atoms with van der Waals surface area (Å²) in [5.74, 6) is -1.94. The number of aliphatic hydroxyl groups is 1. The summed E-state index contributed by atoms with van der Waals surface area (Å²) in [7, 11) is 0. The molecule has 0 spiro atoms. The molecule has 0 saturated carbocycles. The number of β-amino-alcohol motifs (C(OH)–C–C–N with tert-alkyl or cyclic N) is 1. The van der Waals surface area contributed by atoms with Crippen molar-refractivity contribution in [1.82, 2.24) is 20.9 Å². The van der Waals surface area contributed by atoms with E-state index in [0.717, 1.165) is 11.4 Å². The van der Waals surface area contributed by atoms with Crippen LogP contribution in [-0.2, 0) is 16.1 Å². The minimum Gasteiger partial charge on any atom is -0.391 e. The maximum Gasteiger partial charge on any atom is 0.262 e. The van der Waals surface area contributed by atoms with Crippen molar-refractivity contribution in [3.8, 4) is 0 Å². The number of benzene rings is 1. The Labute approximate surface area is 161 Å². The molecule has 0 aromatic heterocycles. The Morgan fingerprint density at radius 3 is 2.68 bits per heavy atom. The maximum atomic E-state index is 13.0. The van der Waals surface area contributed by atoms with Gasteiger partial charge in [-0.2, -0.15) is 0 Å². The van der Waals surface area contributed by atoms with Gasteiger partial charge in [0.2, 0.25) is 11.8 Å². The number of rotatable bonds is 5. The van der Waals surface area contributed by atoms with E-state index in [1.54, 1.807) is 18.2 Å². The Morgan fingerprint density at radius 2 is 1.96 bits per heavy atom. The number of piperidine rings is 1. The quantitative estimate of drug-likeness (QED) is 0.466. The minimum atomic E-state index is -0.967. The lowest BCUT2D eigenvalue weighted by Gasteiger charge is -2.27. The van der Waals surface area contributed by atoms with Crippen LogP contribution in [0.1, 0.15) is 39.1 Å². The molecule has 2 fully saturated rings. The summed E-state index contributed by atoms with van der Waals surface area (Å²) in [4.78, 5) is 50.3. The monoisotopic (exact) mass is 386 g/mol. The molecule has 4 N–H and O–H groups in total. The third-order valence-corrected chi connectivity index (χ3v) is 5.58. The van der Waals surface area contributed by atoms with Crippen molar-refractivity contribution in [2.45, 2.75) is 31.5 Å². The van der Waals surface area contributed by atoms with Crippen molar-refractivity contribution in [3.63, 3.8) is 0 Å². The number of hydrogen-bond donors (Lipinski definition) is 4. The van der Waals surface area contributed by atoms with Gasteiger partial charge in [-0.1, -0.05) is 12.1 Å². The lowest BCUT2D eigenvalue weighted by atomic mass is 10.0. The van der Waals surface area contributed by atoms with Crippen LogP contribution in [0.5, 0.6) is 0 Å². The van der Waals surface area contributed by atoms with Gasteiger partial charge in [-0.3, -0.25) is 29.4 Å². The molecule has 28 heavy (non-hydrogen) atoms. The normalized spacial score (nSPS) is 27.3. The Bertz CT molecular complexity index is 855. The highest BCUT2D eigenvalue weighted by Gasteiger charge is 2.45. The zero-order valence-electron chi connectivity index (χ0n) is 15.2. The predicted octanol–water partition coefficient (Wildman–Crippen LogP) is -1.24. The second-order valence-corrected chi connectivity index (χ2v) is 7.40. The number of nitrogens with zero attached hydrogens (tertiary/aromatic N) is 1. The number of nitrogens with one attached hydrogen (secondary N) is 3. The third-order valence-electron chi connectivity index (χ3n) is 5.58. The molecule has 0 bridgehead atoms. The van der Waals surface area contributed by atoms with Crippen LogP contribution in [0.4, 0.5) is 0 Å². The van der Waals surface area contributed by atoms with Crippen LogP contribution in [0.25, 0.3) is 0 Å². The summed E-state index contributed by atoms with van der Waals surface area (Å²) in [5, 5.41) is 18.4. The molecule has 3 atom stereocenters. The zero-order chi connectivity index (χ0) is 19.8. The average Bonchev–Trinajstić information content (AvgIpc) is 3.18. The van der Waals surface area contributed by atoms with Crippen LogP contribution in [0.15, 0.2) is 18.2 Å². The molecule has 4 amide bonds. The first-order chi connectivity index (χ1) is 13.5. The molecule has 0 aliphatic carbocycles. The lowest BCUT2D eigenvalue weighted by Crippen LogP contribution is -2.54. The Morgan fingerprint density at radius 1 is 1.14 bits per heavy atom. The highest BCUT2D eigenvalue weighted by molar-refractivity contribution is 6.24. The molecular formula is C19H22N4O5. The van der Waals surface area contributed by atoms with Gasteiger partial charge in [-0.15, -0.1) is 0 Å². The van der Waals surface area contributed by atoms with E-state index in [1.165, 1.54) is 0 Å². The summed E-state index contributed by atoms with van der Waals surface area (Å²) < 4.78 is 0. The molecule has 1 aromatic carbocycles.